The zero-order chi connectivity index (χ0) is 12.4. The van der Waals surface area contributed by atoms with E-state index in [2.05, 4.69) is 4.74 Å². The maximum absolute atomic E-state index is 13.1. The Labute approximate surface area is 98.0 Å². The molecular weight excluding hydrogens is 225 g/mol. The van der Waals surface area contributed by atoms with Crippen molar-refractivity contribution in [3.63, 3.8) is 0 Å². The van der Waals surface area contributed by atoms with Gasteiger partial charge in [0.05, 0.1) is 13.1 Å². The fourth-order valence-corrected chi connectivity index (χ4v) is 1.83. The molecule has 1 heterocycles. The van der Waals surface area contributed by atoms with Crippen molar-refractivity contribution in [1.82, 2.24) is 4.90 Å². The molecule has 1 unspecified atom stereocenters. The summed E-state index contributed by atoms with van der Waals surface area (Å²) in [6, 6.07) is 5.91. The fraction of sp³-hybridized carbons (Fsp3) is 0.333. The average Bonchev–Trinajstić information content (AvgIpc) is 2.26. The Kier molecular flexibility index (Phi) is 3.19. The van der Waals surface area contributed by atoms with Gasteiger partial charge >= 0.3 is 11.9 Å². The molecule has 4 nitrogen and oxygen atoms in total. The van der Waals surface area contributed by atoms with Gasteiger partial charge in [-0.25, -0.2) is 4.39 Å². The van der Waals surface area contributed by atoms with E-state index in [-0.39, 0.29) is 24.9 Å². The fourth-order valence-electron chi connectivity index (χ4n) is 1.83. The second-order valence-corrected chi connectivity index (χ2v) is 3.98. The summed E-state index contributed by atoms with van der Waals surface area (Å²) in [5.74, 6) is -1.46. The number of benzene rings is 1. The largest absolute Gasteiger partial charge is 0.391 e. The van der Waals surface area contributed by atoms with Crippen LogP contribution >= 0.6 is 0 Å². The Balaban J connectivity index is 2.16. The molecule has 1 atom stereocenters. The molecule has 90 valence electrons. The minimum absolute atomic E-state index is 0.0451. The summed E-state index contributed by atoms with van der Waals surface area (Å²) in [7, 11) is 0. The lowest BCUT2D eigenvalue weighted by Crippen LogP contribution is -2.44. The molecule has 0 amide bonds. The zero-order valence-corrected chi connectivity index (χ0v) is 9.35. The van der Waals surface area contributed by atoms with Crippen LogP contribution in [0.2, 0.25) is 0 Å². The van der Waals surface area contributed by atoms with Gasteiger partial charge in [-0.05, 0) is 24.6 Å². The SMILES string of the molecule is CC(c1cccc(F)c1)N1CC(=O)OC(=O)C1. The molecule has 2 rings (SSSR count). The quantitative estimate of drug-likeness (QED) is 0.574. The molecule has 0 spiro atoms. The maximum atomic E-state index is 13.1. The van der Waals surface area contributed by atoms with Crippen molar-refractivity contribution in [2.24, 2.45) is 0 Å². The van der Waals surface area contributed by atoms with E-state index in [1.54, 1.807) is 17.0 Å². The minimum atomic E-state index is -0.565. The first kappa shape index (κ1) is 11.7. The van der Waals surface area contributed by atoms with Gasteiger partial charge in [-0.1, -0.05) is 12.1 Å². The van der Waals surface area contributed by atoms with Gasteiger partial charge in [0.15, 0.2) is 0 Å². The van der Waals surface area contributed by atoms with E-state index in [0.29, 0.717) is 0 Å². The van der Waals surface area contributed by atoms with E-state index in [0.717, 1.165) is 5.56 Å². The molecule has 1 saturated heterocycles. The van der Waals surface area contributed by atoms with Crippen molar-refractivity contribution in [2.45, 2.75) is 13.0 Å². The number of nitrogens with zero attached hydrogens (tertiary/aromatic N) is 1. The molecule has 0 radical (unpaired) electrons. The van der Waals surface area contributed by atoms with Gasteiger partial charge in [-0.2, -0.15) is 0 Å². The van der Waals surface area contributed by atoms with E-state index in [4.69, 9.17) is 0 Å². The van der Waals surface area contributed by atoms with Crippen LogP contribution in [0.25, 0.3) is 0 Å². The third kappa shape index (κ3) is 2.68. The first-order valence-corrected chi connectivity index (χ1v) is 5.29. The molecule has 0 N–H and O–H groups in total. The lowest BCUT2D eigenvalue weighted by atomic mass is 10.1. The van der Waals surface area contributed by atoms with Crippen LogP contribution in [-0.4, -0.2) is 29.9 Å². The van der Waals surface area contributed by atoms with Gasteiger partial charge < -0.3 is 4.74 Å². The molecule has 1 aliphatic rings. The summed E-state index contributed by atoms with van der Waals surface area (Å²) < 4.78 is 17.5. The molecule has 0 bridgehead atoms. The number of carbonyl (C=O) groups excluding carboxylic acids is 2. The van der Waals surface area contributed by atoms with Crippen molar-refractivity contribution >= 4 is 11.9 Å². The first-order valence-electron chi connectivity index (χ1n) is 5.29. The molecule has 1 fully saturated rings. The molecular formula is C12H12FNO3. The smallest absolute Gasteiger partial charge is 0.327 e. The number of esters is 2. The van der Waals surface area contributed by atoms with Crippen LogP contribution in [0.3, 0.4) is 0 Å². The summed E-state index contributed by atoms with van der Waals surface area (Å²) in [6.45, 7) is 1.91. The van der Waals surface area contributed by atoms with Crippen LogP contribution in [0, 0.1) is 5.82 Å². The summed E-state index contributed by atoms with van der Waals surface area (Å²) in [5.41, 5.74) is 0.729. The summed E-state index contributed by atoms with van der Waals surface area (Å²) in [5, 5.41) is 0. The van der Waals surface area contributed by atoms with E-state index in [1.807, 2.05) is 6.92 Å². The Morgan fingerprint density at radius 3 is 2.53 bits per heavy atom. The van der Waals surface area contributed by atoms with Crippen molar-refractivity contribution in [3.8, 4) is 0 Å². The average molecular weight is 237 g/mol. The van der Waals surface area contributed by atoms with E-state index in [1.165, 1.54) is 12.1 Å². The monoisotopic (exact) mass is 237 g/mol. The molecule has 1 aliphatic heterocycles. The maximum Gasteiger partial charge on any atom is 0.327 e. The van der Waals surface area contributed by atoms with Crippen molar-refractivity contribution in [1.29, 1.82) is 0 Å². The number of hydrogen-bond donors (Lipinski definition) is 0. The van der Waals surface area contributed by atoms with Crippen molar-refractivity contribution in [2.75, 3.05) is 13.1 Å². The van der Waals surface area contributed by atoms with E-state index in [9.17, 15) is 14.0 Å². The third-order valence-corrected chi connectivity index (χ3v) is 2.77. The van der Waals surface area contributed by atoms with Crippen LogP contribution in [0.4, 0.5) is 4.39 Å². The number of carbonyl (C=O) groups is 2. The lowest BCUT2D eigenvalue weighted by Gasteiger charge is -2.30. The van der Waals surface area contributed by atoms with Crippen LogP contribution in [0.5, 0.6) is 0 Å². The predicted octanol–water partition coefficient (Wildman–Crippen LogP) is 1.27. The van der Waals surface area contributed by atoms with Gasteiger partial charge in [0.2, 0.25) is 0 Å². The second kappa shape index (κ2) is 4.63. The Bertz CT molecular complexity index is 445. The molecule has 0 saturated carbocycles. The highest BCUT2D eigenvalue weighted by atomic mass is 19.1. The van der Waals surface area contributed by atoms with E-state index >= 15 is 0 Å². The van der Waals surface area contributed by atoms with Gasteiger partial charge in [-0.15, -0.1) is 0 Å². The predicted molar refractivity (Wildman–Crippen MR) is 57.5 cm³/mol. The van der Waals surface area contributed by atoms with Crippen LogP contribution in [0.1, 0.15) is 18.5 Å². The molecule has 17 heavy (non-hydrogen) atoms. The van der Waals surface area contributed by atoms with Gasteiger partial charge in [0.25, 0.3) is 0 Å². The standard InChI is InChI=1S/C12H12FNO3/c1-8(9-3-2-4-10(13)5-9)14-6-11(15)17-12(16)7-14/h2-5,8H,6-7H2,1H3. The zero-order valence-electron chi connectivity index (χ0n) is 9.35. The third-order valence-electron chi connectivity index (χ3n) is 2.77. The number of halogens is 1. The van der Waals surface area contributed by atoms with Crippen LogP contribution < -0.4 is 0 Å². The van der Waals surface area contributed by atoms with Gasteiger partial charge in [0, 0.05) is 6.04 Å². The second-order valence-electron chi connectivity index (χ2n) is 3.98. The minimum Gasteiger partial charge on any atom is -0.391 e. The number of morpholine rings is 1. The highest BCUT2D eigenvalue weighted by Gasteiger charge is 2.28. The van der Waals surface area contributed by atoms with E-state index < -0.39 is 11.9 Å². The van der Waals surface area contributed by atoms with Gasteiger partial charge in [0.1, 0.15) is 5.82 Å². The molecule has 0 aromatic heterocycles. The van der Waals surface area contributed by atoms with Crippen molar-refractivity contribution in [3.05, 3.63) is 35.6 Å². The molecule has 1 aromatic carbocycles. The Hall–Kier alpha value is -1.75. The molecule has 0 aliphatic carbocycles. The highest BCUT2D eigenvalue weighted by molar-refractivity contribution is 5.90. The van der Waals surface area contributed by atoms with Crippen LogP contribution in [0.15, 0.2) is 24.3 Å². The number of rotatable bonds is 2. The topological polar surface area (TPSA) is 46.6 Å². The lowest BCUT2D eigenvalue weighted by molar-refractivity contribution is -0.167. The summed E-state index contributed by atoms with van der Waals surface area (Å²) >= 11 is 0. The Morgan fingerprint density at radius 2 is 1.94 bits per heavy atom. The summed E-state index contributed by atoms with van der Waals surface area (Å²) in [4.78, 5) is 23.9. The van der Waals surface area contributed by atoms with Gasteiger partial charge in [-0.3, -0.25) is 14.5 Å². The molecule has 5 heteroatoms. The molecule has 1 aromatic rings. The normalized spacial score (nSPS) is 18.9. The first-order chi connectivity index (χ1) is 8.06. The Morgan fingerprint density at radius 1 is 1.29 bits per heavy atom. The number of hydrogen-bond acceptors (Lipinski definition) is 4. The summed E-state index contributed by atoms with van der Waals surface area (Å²) in [6.07, 6.45) is 0. The number of ether oxygens (including phenoxy) is 1. The van der Waals surface area contributed by atoms with Crippen LogP contribution in [-0.2, 0) is 14.3 Å². The number of cyclic esters (lactones) is 2. The van der Waals surface area contributed by atoms with Crippen molar-refractivity contribution < 1.29 is 18.7 Å². The highest BCUT2D eigenvalue weighted by Crippen LogP contribution is 2.22.